The number of hydrogen-bond acceptors (Lipinski definition) is 4. The van der Waals surface area contributed by atoms with Crippen molar-refractivity contribution in [2.45, 2.75) is 44.9 Å². The zero-order valence-electron chi connectivity index (χ0n) is 11.6. The van der Waals surface area contributed by atoms with Crippen LogP contribution in [0.3, 0.4) is 0 Å². The van der Waals surface area contributed by atoms with Crippen LogP contribution < -0.4 is 5.73 Å². The molecule has 0 fully saturated rings. The molecule has 0 saturated carbocycles. The summed E-state index contributed by atoms with van der Waals surface area (Å²) in [6, 6.07) is 0. The van der Waals surface area contributed by atoms with Gasteiger partial charge in [0, 0.05) is 19.5 Å². The number of unbranched alkanes of at least 4 members (excludes halogenated alkanes) is 2. The first-order chi connectivity index (χ1) is 9.93. The molecule has 1 aliphatic rings. The number of hydrogen-bond donors (Lipinski definition) is 1. The van der Waals surface area contributed by atoms with Crippen LogP contribution in [0.5, 0.6) is 0 Å². The van der Waals surface area contributed by atoms with Gasteiger partial charge in [0.1, 0.15) is 0 Å². The summed E-state index contributed by atoms with van der Waals surface area (Å²) in [7, 11) is 0. The fourth-order valence-corrected chi connectivity index (χ4v) is 2.34. The van der Waals surface area contributed by atoms with Crippen LogP contribution in [0.25, 0.3) is 0 Å². The molecule has 0 spiro atoms. The minimum Gasteiger partial charge on any atom is -0.333 e. The van der Waals surface area contributed by atoms with Crippen molar-refractivity contribution in [3.8, 4) is 0 Å². The summed E-state index contributed by atoms with van der Waals surface area (Å²) in [5, 5.41) is 6.73. The molecular weight excluding hydrogens is 287 g/mol. The highest BCUT2D eigenvalue weighted by Crippen LogP contribution is 2.29. The minimum atomic E-state index is -4.51. The van der Waals surface area contributed by atoms with Crippen LogP contribution in [0.2, 0.25) is 0 Å². The summed E-state index contributed by atoms with van der Waals surface area (Å²) in [4.78, 5) is 13.5. The number of rotatable bonds is 5. The summed E-state index contributed by atoms with van der Waals surface area (Å²) in [6.45, 7) is 1.01. The molecule has 0 atom stereocenters. The maximum absolute atomic E-state index is 12.7. The summed E-state index contributed by atoms with van der Waals surface area (Å²) in [5.74, 6) is -0.869. The van der Waals surface area contributed by atoms with Crippen LogP contribution in [-0.4, -0.2) is 38.7 Å². The zero-order chi connectivity index (χ0) is 15.5. The largest absolute Gasteiger partial charge is 0.451 e. The highest BCUT2D eigenvalue weighted by Gasteiger charge is 2.39. The number of carbonyl (C=O) groups excluding carboxylic acids is 1. The first kappa shape index (κ1) is 15.7. The lowest BCUT2D eigenvalue weighted by atomic mass is 10.1. The van der Waals surface area contributed by atoms with Gasteiger partial charge < -0.3 is 15.2 Å². The molecule has 2 N–H and O–H groups in total. The number of fused-ring (bicyclic) bond motifs is 1. The first-order valence-corrected chi connectivity index (χ1v) is 6.90. The smallest absolute Gasteiger partial charge is 0.333 e. The third kappa shape index (κ3) is 3.72. The van der Waals surface area contributed by atoms with E-state index in [1.807, 2.05) is 0 Å². The predicted molar refractivity (Wildman–Crippen MR) is 68.0 cm³/mol. The second-order valence-corrected chi connectivity index (χ2v) is 5.00. The average molecular weight is 305 g/mol. The lowest BCUT2D eigenvalue weighted by molar-refractivity contribution is -0.148. The van der Waals surface area contributed by atoms with Gasteiger partial charge in [-0.1, -0.05) is 6.42 Å². The molecule has 0 aliphatic carbocycles. The van der Waals surface area contributed by atoms with Gasteiger partial charge in [-0.25, -0.2) is 0 Å². The molecule has 0 aromatic carbocycles. The van der Waals surface area contributed by atoms with Crippen molar-refractivity contribution in [1.82, 2.24) is 19.7 Å². The van der Waals surface area contributed by atoms with Crippen molar-refractivity contribution >= 4 is 5.91 Å². The summed E-state index contributed by atoms with van der Waals surface area (Å²) < 4.78 is 39.1. The number of alkyl halides is 3. The molecule has 2 heterocycles. The Bertz CT molecular complexity index is 500. The average Bonchev–Trinajstić information content (AvgIpc) is 2.86. The van der Waals surface area contributed by atoms with Crippen LogP contribution in [0.4, 0.5) is 13.2 Å². The van der Waals surface area contributed by atoms with Crippen LogP contribution in [0.15, 0.2) is 0 Å². The second kappa shape index (κ2) is 6.42. The Labute approximate surface area is 120 Å². The molecule has 2 rings (SSSR count). The highest BCUT2D eigenvalue weighted by atomic mass is 19.4. The van der Waals surface area contributed by atoms with Crippen LogP contribution in [-0.2, 0) is 24.1 Å². The van der Waals surface area contributed by atoms with Gasteiger partial charge in [0.2, 0.25) is 11.7 Å². The van der Waals surface area contributed by atoms with Crippen molar-refractivity contribution in [2.24, 2.45) is 5.73 Å². The first-order valence-electron chi connectivity index (χ1n) is 6.90. The summed E-state index contributed by atoms with van der Waals surface area (Å²) in [6.07, 6.45) is -1.63. The monoisotopic (exact) mass is 305 g/mol. The van der Waals surface area contributed by atoms with E-state index < -0.39 is 12.0 Å². The van der Waals surface area contributed by atoms with Gasteiger partial charge in [-0.2, -0.15) is 13.2 Å². The Morgan fingerprint density at radius 1 is 1.19 bits per heavy atom. The van der Waals surface area contributed by atoms with Gasteiger partial charge in [-0.05, 0) is 19.4 Å². The number of carbonyl (C=O) groups is 1. The minimum absolute atomic E-state index is 0.0603. The zero-order valence-corrected chi connectivity index (χ0v) is 11.6. The standard InChI is InChI=1S/C12H18F3N5O/c13-12(14,15)11-18-17-9-8-19(6-7-20(9)11)10(21)4-2-1-3-5-16/h1-8,16H2. The van der Waals surface area contributed by atoms with E-state index in [0.29, 0.717) is 13.0 Å². The lowest BCUT2D eigenvalue weighted by Gasteiger charge is -2.28. The maximum atomic E-state index is 12.7. The fraction of sp³-hybridized carbons (Fsp3) is 0.750. The molecular formula is C12H18F3N5O. The van der Waals surface area contributed by atoms with Crippen molar-refractivity contribution < 1.29 is 18.0 Å². The molecule has 0 bridgehead atoms. The third-order valence-electron chi connectivity index (χ3n) is 3.45. The number of nitrogens with two attached hydrogens (primary N) is 1. The van der Waals surface area contributed by atoms with Crippen LogP contribution >= 0.6 is 0 Å². The molecule has 1 aromatic heterocycles. The molecule has 0 radical (unpaired) electrons. The third-order valence-corrected chi connectivity index (χ3v) is 3.45. The van der Waals surface area contributed by atoms with Gasteiger partial charge in [0.05, 0.1) is 6.54 Å². The van der Waals surface area contributed by atoms with E-state index in [9.17, 15) is 18.0 Å². The van der Waals surface area contributed by atoms with Gasteiger partial charge in [-0.15, -0.1) is 10.2 Å². The molecule has 0 saturated heterocycles. The van der Waals surface area contributed by atoms with E-state index >= 15 is 0 Å². The SMILES string of the molecule is NCCCCCC(=O)N1CCn2c(nnc2C(F)(F)F)C1. The van der Waals surface area contributed by atoms with Crippen LogP contribution in [0.1, 0.15) is 37.3 Å². The van der Waals surface area contributed by atoms with E-state index in [2.05, 4.69) is 10.2 Å². The van der Waals surface area contributed by atoms with Crippen molar-refractivity contribution in [3.63, 3.8) is 0 Å². The molecule has 9 heteroatoms. The molecule has 1 aliphatic heterocycles. The van der Waals surface area contributed by atoms with E-state index in [4.69, 9.17) is 5.73 Å². The number of nitrogens with zero attached hydrogens (tertiary/aromatic N) is 4. The Hall–Kier alpha value is -1.64. The number of amides is 1. The van der Waals surface area contributed by atoms with Crippen LogP contribution in [0, 0.1) is 0 Å². The molecule has 21 heavy (non-hydrogen) atoms. The van der Waals surface area contributed by atoms with Gasteiger partial charge in [0.15, 0.2) is 5.82 Å². The van der Waals surface area contributed by atoms with E-state index in [1.165, 1.54) is 4.90 Å². The fourth-order valence-electron chi connectivity index (χ4n) is 2.34. The predicted octanol–water partition coefficient (Wildman–Crippen LogP) is 1.16. The van der Waals surface area contributed by atoms with Gasteiger partial charge in [0.25, 0.3) is 0 Å². The molecule has 0 unspecified atom stereocenters. The van der Waals surface area contributed by atoms with Crippen molar-refractivity contribution in [3.05, 3.63) is 11.6 Å². The van der Waals surface area contributed by atoms with Gasteiger partial charge >= 0.3 is 6.18 Å². The quantitative estimate of drug-likeness (QED) is 0.828. The molecule has 1 aromatic rings. The van der Waals surface area contributed by atoms with Gasteiger partial charge in [-0.3, -0.25) is 4.79 Å². The molecule has 1 amide bonds. The molecule has 118 valence electrons. The Balaban J connectivity index is 1.94. The Kier molecular flexibility index (Phi) is 4.81. The van der Waals surface area contributed by atoms with E-state index in [0.717, 1.165) is 23.8 Å². The number of aromatic nitrogens is 3. The Morgan fingerprint density at radius 3 is 2.62 bits per heavy atom. The summed E-state index contributed by atoms with van der Waals surface area (Å²) in [5.41, 5.74) is 5.37. The molecule has 6 nitrogen and oxygen atoms in total. The second-order valence-electron chi connectivity index (χ2n) is 5.00. The van der Waals surface area contributed by atoms with E-state index in [1.54, 1.807) is 0 Å². The van der Waals surface area contributed by atoms with E-state index in [-0.39, 0.29) is 31.4 Å². The highest BCUT2D eigenvalue weighted by molar-refractivity contribution is 5.76. The maximum Gasteiger partial charge on any atom is 0.451 e. The number of halogens is 3. The van der Waals surface area contributed by atoms with Crippen molar-refractivity contribution in [1.29, 1.82) is 0 Å². The Morgan fingerprint density at radius 2 is 1.95 bits per heavy atom. The van der Waals surface area contributed by atoms with Crippen molar-refractivity contribution in [2.75, 3.05) is 13.1 Å². The normalized spacial score (nSPS) is 15.1. The lowest BCUT2D eigenvalue weighted by Crippen LogP contribution is -2.39. The topological polar surface area (TPSA) is 77.0 Å². The summed E-state index contributed by atoms with van der Waals surface area (Å²) >= 11 is 0.